The number of benzene rings is 1. The number of rotatable bonds is 9. The summed E-state index contributed by atoms with van der Waals surface area (Å²) in [5.41, 5.74) is 6.50. The van der Waals surface area contributed by atoms with Crippen molar-refractivity contribution in [2.45, 2.75) is 71.8 Å². The fourth-order valence-electron chi connectivity index (χ4n) is 4.61. The first-order valence-electron chi connectivity index (χ1n) is 12.5. The summed E-state index contributed by atoms with van der Waals surface area (Å²) in [5.74, 6) is 0. The predicted octanol–water partition coefficient (Wildman–Crippen LogP) is 6.43. The number of hydrogen-bond acceptors (Lipinski definition) is 7. The predicted molar refractivity (Wildman–Crippen MR) is 145 cm³/mol. The van der Waals surface area contributed by atoms with Crippen molar-refractivity contribution in [1.82, 2.24) is 20.5 Å². The molecule has 1 aromatic carbocycles. The number of fused-ring (bicyclic) bond motifs is 1. The average molecular weight is 500 g/mol. The number of nitrogens with one attached hydrogen (secondary N) is 1. The lowest BCUT2D eigenvalue weighted by atomic mass is 9.85. The molecule has 1 aliphatic carbocycles. The van der Waals surface area contributed by atoms with Gasteiger partial charge in [-0.25, -0.2) is 0 Å². The molecule has 0 saturated carbocycles. The lowest BCUT2D eigenvalue weighted by Gasteiger charge is -2.28. The van der Waals surface area contributed by atoms with Crippen LogP contribution in [0.1, 0.15) is 68.3 Å². The Morgan fingerprint density at radius 2 is 2.11 bits per heavy atom. The van der Waals surface area contributed by atoms with Crippen LogP contribution in [0.4, 0.5) is 0 Å². The van der Waals surface area contributed by atoms with Crippen LogP contribution in [0.15, 0.2) is 60.5 Å². The summed E-state index contributed by atoms with van der Waals surface area (Å²) in [6, 6.07) is 13.2. The molecule has 1 aliphatic rings. The normalized spacial score (nSPS) is 17.1. The Bertz CT molecular complexity index is 1270. The third-order valence-corrected chi connectivity index (χ3v) is 7.36. The Kier molecular flexibility index (Phi) is 8.76. The molecule has 2 atom stereocenters. The van der Waals surface area contributed by atoms with Gasteiger partial charge in [0.25, 0.3) is 0 Å². The van der Waals surface area contributed by atoms with Crippen LogP contribution in [0.5, 0.6) is 0 Å². The van der Waals surface area contributed by atoms with Gasteiger partial charge in [-0.3, -0.25) is 4.98 Å². The van der Waals surface area contributed by atoms with E-state index in [2.05, 4.69) is 50.8 Å². The quantitative estimate of drug-likeness (QED) is 0.270. The van der Waals surface area contributed by atoms with E-state index in [-0.39, 0.29) is 12.2 Å². The van der Waals surface area contributed by atoms with Crippen LogP contribution >= 0.6 is 11.3 Å². The van der Waals surface area contributed by atoms with E-state index in [1.165, 1.54) is 16.7 Å². The molecule has 186 valence electrons. The topological polar surface area (TPSA) is 83.7 Å². The molecule has 1 unspecified atom stereocenters. The molecular weight excluding hydrogens is 466 g/mol. The van der Waals surface area contributed by atoms with Gasteiger partial charge < -0.3 is 10.1 Å². The second-order valence-corrected chi connectivity index (χ2v) is 10.2. The van der Waals surface area contributed by atoms with Crippen LogP contribution in [0.2, 0.25) is 0 Å². The molecule has 0 fully saturated rings. The maximum Gasteiger partial charge on any atom is 0.148 e. The zero-order chi connectivity index (χ0) is 25.5. The number of hydrogen-bond donors (Lipinski definition) is 1. The Hall–Kier alpha value is -3.18. The number of ether oxygens (including phenoxy) is 1. The van der Waals surface area contributed by atoms with Crippen LogP contribution in [-0.2, 0) is 17.7 Å². The van der Waals surface area contributed by atoms with E-state index >= 15 is 0 Å². The van der Waals surface area contributed by atoms with Crippen molar-refractivity contribution >= 4 is 16.9 Å². The van der Waals surface area contributed by atoms with E-state index in [0.29, 0.717) is 11.6 Å². The standard InChI is InChI=1S/C29H33N5OS/c1-5-22(15-23(16-30)20(4)35-19(2)3)28-33-34-29(36-28)26-12-6-11-25-24(26)10-7-13-27(25)32-18-21-9-8-14-31-17-21/h5-6,8-9,11-12,14-15,17,19-20,27,32H,7,10,13,18H2,1-4H3/b22-5+,23-15-/t20?,27-/m1/s1. The van der Waals surface area contributed by atoms with Gasteiger partial charge in [-0.15, -0.1) is 10.2 Å². The second kappa shape index (κ2) is 12.2. The number of pyridine rings is 1. The highest BCUT2D eigenvalue weighted by molar-refractivity contribution is 7.15. The van der Waals surface area contributed by atoms with Crippen molar-refractivity contribution in [2.75, 3.05) is 0 Å². The highest BCUT2D eigenvalue weighted by Crippen LogP contribution is 2.38. The summed E-state index contributed by atoms with van der Waals surface area (Å²) in [4.78, 5) is 4.23. The fraction of sp³-hybridized carbons (Fsp3) is 0.379. The minimum Gasteiger partial charge on any atom is -0.370 e. The average Bonchev–Trinajstić information content (AvgIpc) is 3.38. The zero-order valence-corrected chi connectivity index (χ0v) is 22.2. The molecule has 36 heavy (non-hydrogen) atoms. The Morgan fingerprint density at radius 3 is 2.83 bits per heavy atom. The van der Waals surface area contributed by atoms with Crippen molar-refractivity contribution in [3.8, 4) is 16.6 Å². The third-order valence-electron chi connectivity index (χ3n) is 6.35. The maximum absolute atomic E-state index is 9.69. The van der Waals surface area contributed by atoms with Gasteiger partial charge in [0.1, 0.15) is 10.0 Å². The van der Waals surface area contributed by atoms with Gasteiger partial charge in [-0.2, -0.15) is 5.26 Å². The first-order chi connectivity index (χ1) is 17.5. The minimum atomic E-state index is -0.283. The highest BCUT2D eigenvalue weighted by atomic mass is 32.1. The molecule has 7 heteroatoms. The third kappa shape index (κ3) is 6.14. The summed E-state index contributed by atoms with van der Waals surface area (Å²) >= 11 is 1.57. The van der Waals surface area contributed by atoms with Crippen molar-refractivity contribution in [3.05, 3.63) is 82.1 Å². The van der Waals surface area contributed by atoms with E-state index < -0.39 is 0 Å². The summed E-state index contributed by atoms with van der Waals surface area (Å²) in [5, 5.41) is 24.2. The van der Waals surface area contributed by atoms with Gasteiger partial charge >= 0.3 is 0 Å². The van der Waals surface area contributed by atoms with E-state index in [9.17, 15) is 5.26 Å². The Morgan fingerprint density at radius 1 is 1.25 bits per heavy atom. The number of nitrogens with zero attached hydrogens (tertiary/aromatic N) is 4. The monoisotopic (exact) mass is 499 g/mol. The minimum absolute atomic E-state index is 0.0471. The fourth-order valence-corrected chi connectivity index (χ4v) is 5.55. The second-order valence-electron chi connectivity index (χ2n) is 9.26. The summed E-state index contributed by atoms with van der Waals surface area (Å²) < 4.78 is 5.82. The molecule has 6 nitrogen and oxygen atoms in total. The van der Waals surface area contributed by atoms with E-state index in [4.69, 9.17) is 4.74 Å². The highest BCUT2D eigenvalue weighted by Gasteiger charge is 2.24. The van der Waals surface area contributed by atoms with Gasteiger partial charge in [0.15, 0.2) is 0 Å². The van der Waals surface area contributed by atoms with Crippen LogP contribution < -0.4 is 5.32 Å². The Labute approximate surface area is 217 Å². The Balaban J connectivity index is 1.57. The largest absolute Gasteiger partial charge is 0.370 e. The molecule has 0 spiro atoms. The van der Waals surface area contributed by atoms with E-state index in [0.717, 1.165) is 47.0 Å². The molecule has 3 aromatic rings. The summed E-state index contributed by atoms with van der Waals surface area (Å²) in [7, 11) is 0. The van der Waals surface area contributed by atoms with E-state index in [1.54, 1.807) is 17.5 Å². The first-order valence-corrected chi connectivity index (χ1v) is 13.3. The van der Waals surface area contributed by atoms with Gasteiger partial charge in [-0.1, -0.05) is 41.7 Å². The number of aromatic nitrogens is 3. The number of allylic oxidation sites excluding steroid dienone is 3. The lowest BCUT2D eigenvalue weighted by Crippen LogP contribution is -2.25. The molecular formula is C29H33N5OS. The number of nitriles is 1. The van der Waals surface area contributed by atoms with Crippen LogP contribution in [0.3, 0.4) is 0 Å². The molecule has 0 aliphatic heterocycles. The lowest BCUT2D eigenvalue weighted by molar-refractivity contribution is 0.0420. The van der Waals surface area contributed by atoms with Gasteiger partial charge in [-0.05, 0) is 75.8 Å². The van der Waals surface area contributed by atoms with Crippen LogP contribution in [-0.4, -0.2) is 27.4 Å². The van der Waals surface area contributed by atoms with Gasteiger partial charge in [0.2, 0.25) is 0 Å². The molecule has 1 N–H and O–H groups in total. The van der Waals surface area contributed by atoms with Crippen molar-refractivity contribution in [3.63, 3.8) is 0 Å². The molecule has 0 radical (unpaired) electrons. The van der Waals surface area contributed by atoms with Crippen LogP contribution in [0, 0.1) is 11.3 Å². The van der Waals surface area contributed by atoms with Gasteiger partial charge in [0.05, 0.1) is 23.9 Å². The van der Waals surface area contributed by atoms with Crippen molar-refractivity contribution in [1.29, 1.82) is 5.26 Å². The molecule has 2 aromatic heterocycles. The smallest absolute Gasteiger partial charge is 0.148 e. The summed E-state index contributed by atoms with van der Waals surface area (Å²) in [6.07, 6.45) is 10.6. The summed E-state index contributed by atoms with van der Waals surface area (Å²) in [6.45, 7) is 8.60. The van der Waals surface area contributed by atoms with Crippen molar-refractivity contribution < 1.29 is 4.74 Å². The first kappa shape index (κ1) is 25.9. The molecule has 0 saturated heterocycles. The SMILES string of the molecule is C/C=C(\C=C(\C#N)C(C)OC(C)C)c1nnc(-c2cccc3c2CCC[C@H]3NCc2cccnc2)s1. The maximum atomic E-state index is 9.69. The molecule has 0 amide bonds. The molecule has 0 bridgehead atoms. The van der Waals surface area contributed by atoms with Crippen molar-refractivity contribution in [2.24, 2.45) is 0 Å². The molecule has 4 rings (SSSR count). The molecule has 2 heterocycles. The van der Waals surface area contributed by atoms with E-state index in [1.807, 2.05) is 52.1 Å². The van der Waals surface area contributed by atoms with Crippen LogP contribution in [0.25, 0.3) is 16.1 Å². The van der Waals surface area contributed by atoms with Gasteiger partial charge in [0, 0.05) is 36.1 Å². The zero-order valence-electron chi connectivity index (χ0n) is 21.4.